The van der Waals surface area contributed by atoms with Gasteiger partial charge in [0.15, 0.2) is 0 Å². The van der Waals surface area contributed by atoms with Crippen LogP contribution in [0.25, 0.3) is 0 Å². The van der Waals surface area contributed by atoms with Crippen molar-refractivity contribution in [2.45, 2.75) is 57.3 Å². The molecule has 2 amide bonds. The number of pyridine rings is 1. The Bertz CT molecular complexity index is 853. The molecule has 4 rings (SSSR count). The van der Waals surface area contributed by atoms with Gasteiger partial charge in [0.2, 0.25) is 11.8 Å². The Labute approximate surface area is 184 Å². The van der Waals surface area contributed by atoms with Crippen molar-refractivity contribution in [3.63, 3.8) is 0 Å². The molecule has 1 atom stereocenters. The number of aromatic nitrogens is 1. The second-order valence-corrected chi connectivity index (χ2v) is 8.57. The zero-order valence-electron chi connectivity index (χ0n) is 18.0. The fraction of sp³-hybridized carbons (Fsp3) is 0.480. The van der Waals surface area contributed by atoms with Crippen molar-refractivity contribution in [3.8, 4) is 0 Å². The Morgan fingerprint density at radius 2 is 1.77 bits per heavy atom. The Hall–Kier alpha value is -2.73. The van der Waals surface area contributed by atoms with Crippen LogP contribution in [0, 0.1) is 0 Å². The highest BCUT2D eigenvalue weighted by molar-refractivity contribution is 5.86. The second kappa shape index (κ2) is 10.5. The summed E-state index contributed by atoms with van der Waals surface area (Å²) in [6, 6.07) is 14.0. The van der Waals surface area contributed by atoms with Crippen molar-refractivity contribution >= 4 is 11.8 Å². The standard InChI is InChI=1S/C25H31N3O3/c29-24(14-21-10-7-13-26-15-21)27-16-23(31-19-20-8-3-1-4-9-20)17-28(25(30)18-27)22-11-5-2-6-12-22/h1,3-4,7-10,13,15,22-23H,2,5-6,11-12,14,16-19H2/t23-/m1/s1. The second-order valence-electron chi connectivity index (χ2n) is 8.57. The molecule has 1 aromatic carbocycles. The molecule has 2 aliphatic rings. The average Bonchev–Trinajstić information content (AvgIpc) is 2.98. The highest BCUT2D eigenvalue weighted by Gasteiger charge is 2.34. The van der Waals surface area contributed by atoms with Crippen molar-refractivity contribution in [1.82, 2.24) is 14.8 Å². The quantitative estimate of drug-likeness (QED) is 0.719. The third kappa shape index (κ3) is 5.91. The fourth-order valence-electron chi connectivity index (χ4n) is 4.56. The molecular formula is C25H31N3O3. The maximum Gasteiger partial charge on any atom is 0.242 e. The van der Waals surface area contributed by atoms with Gasteiger partial charge in [0.1, 0.15) is 0 Å². The molecule has 1 saturated heterocycles. The first-order valence-electron chi connectivity index (χ1n) is 11.3. The van der Waals surface area contributed by atoms with Gasteiger partial charge in [-0.3, -0.25) is 14.6 Å². The average molecular weight is 422 g/mol. The first-order chi connectivity index (χ1) is 15.2. The summed E-state index contributed by atoms with van der Waals surface area (Å²) in [4.78, 5) is 34.0. The lowest BCUT2D eigenvalue weighted by Gasteiger charge is -2.34. The van der Waals surface area contributed by atoms with Crippen LogP contribution in [0.2, 0.25) is 0 Å². The lowest BCUT2D eigenvalue weighted by molar-refractivity contribution is -0.139. The molecule has 2 fully saturated rings. The fourth-order valence-corrected chi connectivity index (χ4v) is 4.56. The van der Waals surface area contributed by atoms with E-state index in [2.05, 4.69) is 4.98 Å². The van der Waals surface area contributed by atoms with Crippen LogP contribution in [0.4, 0.5) is 0 Å². The number of ether oxygens (including phenoxy) is 1. The van der Waals surface area contributed by atoms with E-state index in [0.717, 1.165) is 36.8 Å². The number of hydrogen-bond acceptors (Lipinski definition) is 4. The molecule has 0 unspecified atom stereocenters. The van der Waals surface area contributed by atoms with E-state index >= 15 is 0 Å². The monoisotopic (exact) mass is 421 g/mol. The zero-order valence-corrected chi connectivity index (χ0v) is 18.0. The molecule has 1 aliphatic heterocycles. The summed E-state index contributed by atoms with van der Waals surface area (Å²) in [5.41, 5.74) is 1.95. The Kier molecular flexibility index (Phi) is 7.30. The normalized spacial score (nSPS) is 20.5. The molecule has 6 heteroatoms. The van der Waals surface area contributed by atoms with Gasteiger partial charge in [0, 0.05) is 31.5 Å². The molecule has 1 aromatic heterocycles. The summed E-state index contributed by atoms with van der Waals surface area (Å²) in [6.07, 6.45) is 9.08. The van der Waals surface area contributed by atoms with Gasteiger partial charge in [-0.1, -0.05) is 55.7 Å². The molecule has 0 N–H and O–H groups in total. The Morgan fingerprint density at radius 3 is 2.52 bits per heavy atom. The number of carbonyl (C=O) groups is 2. The van der Waals surface area contributed by atoms with Crippen LogP contribution in [0.1, 0.15) is 43.2 Å². The van der Waals surface area contributed by atoms with E-state index in [0.29, 0.717) is 19.7 Å². The first-order valence-corrected chi connectivity index (χ1v) is 11.3. The van der Waals surface area contributed by atoms with Gasteiger partial charge in [-0.25, -0.2) is 0 Å². The van der Waals surface area contributed by atoms with Gasteiger partial charge in [0.05, 0.1) is 25.7 Å². The Morgan fingerprint density at radius 1 is 1.00 bits per heavy atom. The zero-order chi connectivity index (χ0) is 21.5. The summed E-state index contributed by atoms with van der Waals surface area (Å²) in [7, 11) is 0. The molecule has 2 heterocycles. The van der Waals surface area contributed by atoms with E-state index in [1.165, 1.54) is 6.42 Å². The van der Waals surface area contributed by atoms with Crippen molar-refractivity contribution in [3.05, 3.63) is 66.0 Å². The molecule has 1 aliphatic carbocycles. The number of amides is 2. The largest absolute Gasteiger partial charge is 0.370 e. The van der Waals surface area contributed by atoms with Crippen LogP contribution in [-0.2, 0) is 27.4 Å². The predicted molar refractivity (Wildman–Crippen MR) is 118 cm³/mol. The van der Waals surface area contributed by atoms with Crippen molar-refractivity contribution in [2.24, 2.45) is 0 Å². The van der Waals surface area contributed by atoms with Crippen LogP contribution in [0.5, 0.6) is 0 Å². The van der Waals surface area contributed by atoms with Crippen molar-refractivity contribution in [1.29, 1.82) is 0 Å². The SMILES string of the molecule is O=C(Cc1cccnc1)N1CC(=O)N(C2CCCCC2)C[C@H](OCc2ccccc2)C1. The number of hydrogen-bond donors (Lipinski definition) is 0. The van der Waals surface area contributed by atoms with Crippen LogP contribution in [0.15, 0.2) is 54.9 Å². The molecule has 1 saturated carbocycles. The minimum atomic E-state index is -0.202. The lowest BCUT2D eigenvalue weighted by atomic mass is 9.94. The van der Waals surface area contributed by atoms with Crippen LogP contribution in [0.3, 0.4) is 0 Å². The highest BCUT2D eigenvalue weighted by atomic mass is 16.5. The highest BCUT2D eigenvalue weighted by Crippen LogP contribution is 2.25. The maximum absolute atomic E-state index is 13.2. The molecule has 31 heavy (non-hydrogen) atoms. The van der Waals surface area contributed by atoms with E-state index in [-0.39, 0.29) is 36.9 Å². The maximum atomic E-state index is 13.2. The molecule has 0 radical (unpaired) electrons. The summed E-state index contributed by atoms with van der Waals surface area (Å²) < 4.78 is 6.25. The van der Waals surface area contributed by atoms with Gasteiger partial charge in [-0.15, -0.1) is 0 Å². The molecule has 2 aromatic rings. The topological polar surface area (TPSA) is 62.7 Å². The van der Waals surface area contributed by atoms with Crippen LogP contribution < -0.4 is 0 Å². The third-order valence-corrected chi connectivity index (χ3v) is 6.25. The summed E-state index contributed by atoms with van der Waals surface area (Å²) in [6.45, 7) is 1.58. The molecule has 0 spiro atoms. The molecule has 6 nitrogen and oxygen atoms in total. The van der Waals surface area contributed by atoms with E-state index in [1.54, 1.807) is 17.3 Å². The van der Waals surface area contributed by atoms with E-state index in [1.807, 2.05) is 47.4 Å². The lowest BCUT2D eigenvalue weighted by Crippen LogP contribution is -2.46. The van der Waals surface area contributed by atoms with Crippen molar-refractivity contribution < 1.29 is 14.3 Å². The smallest absolute Gasteiger partial charge is 0.242 e. The summed E-state index contributed by atoms with van der Waals surface area (Å²) in [5.74, 6) is -0.0163. The first kappa shape index (κ1) is 21.5. The number of carbonyl (C=O) groups excluding carboxylic acids is 2. The van der Waals surface area contributed by atoms with E-state index < -0.39 is 0 Å². The van der Waals surface area contributed by atoms with E-state index in [4.69, 9.17) is 4.74 Å². The Balaban J connectivity index is 1.48. The summed E-state index contributed by atoms with van der Waals surface area (Å²) >= 11 is 0. The minimum Gasteiger partial charge on any atom is -0.370 e. The van der Waals surface area contributed by atoms with Crippen LogP contribution in [-0.4, -0.2) is 58.4 Å². The number of rotatable bonds is 6. The minimum absolute atomic E-state index is 0.0391. The van der Waals surface area contributed by atoms with Crippen LogP contribution >= 0.6 is 0 Å². The summed E-state index contributed by atoms with van der Waals surface area (Å²) in [5, 5.41) is 0. The van der Waals surface area contributed by atoms with Crippen molar-refractivity contribution in [2.75, 3.05) is 19.6 Å². The molecule has 0 bridgehead atoms. The van der Waals surface area contributed by atoms with Gasteiger partial charge in [0.25, 0.3) is 0 Å². The number of benzene rings is 1. The van der Waals surface area contributed by atoms with Gasteiger partial charge in [-0.05, 0) is 30.0 Å². The van der Waals surface area contributed by atoms with Gasteiger partial charge < -0.3 is 14.5 Å². The van der Waals surface area contributed by atoms with Gasteiger partial charge >= 0.3 is 0 Å². The van der Waals surface area contributed by atoms with E-state index in [9.17, 15) is 9.59 Å². The molecule has 164 valence electrons. The number of nitrogens with zero attached hydrogens (tertiary/aromatic N) is 3. The third-order valence-electron chi connectivity index (χ3n) is 6.25. The van der Waals surface area contributed by atoms with Gasteiger partial charge in [-0.2, -0.15) is 0 Å². The predicted octanol–water partition coefficient (Wildman–Crippen LogP) is 3.21. The molecular weight excluding hydrogens is 390 g/mol.